The Hall–Kier alpha value is -2.37. The zero-order chi connectivity index (χ0) is 17.9. The number of hydrogen-bond donors (Lipinski definition) is 0. The molecule has 0 aliphatic heterocycles. The minimum atomic E-state index is 0.103. The van der Waals surface area contributed by atoms with E-state index in [0.717, 1.165) is 29.4 Å². The Morgan fingerprint density at radius 2 is 1.73 bits per heavy atom. The molecule has 4 rings (SSSR count). The number of fused-ring (bicyclic) bond motifs is 1. The fraction of sp³-hybridized carbons (Fsp3) is 0.190. The fourth-order valence-electron chi connectivity index (χ4n) is 3.23. The highest BCUT2D eigenvalue weighted by Gasteiger charge is 2.21. The van der Waals surface area contributed by atoms with Crippen molar-refractivity contribution in [3.63, 3.8) is 0 Å². The van der Waals surface area contributed by atoms with Gasteiger partial charge in [-0.05, 0) is 35.4 Å². The van der Waals surface area contributed by atoms with Crippen LogP contribution in [0.2, 0.25) is 0 Å². The lowest BCUT2D eigenvalue weighted by Crippen LogP contribution is -2.32. The van der Waals surface area contributed by atoms with Crippen molar-refractivity contribution < 1.29 is 4.79 Å². The third-order valence-corrected chi connectivity index (χ3v) is 6.35. The maximum atomic E-state index is 13.4. The van der Waals surface area contributed by atoms with Crippen LogP contribution < -0.4 is 0 Å². The summed E-state index contributed by atoms with van der Waals surface area (Å²) in [5.41, 5.74) is 1.87. The third kappa shape index (κ3) is 3.45. The van der Waals surface area contributed by atoms with Gasteiger partial charge in [-0.3, -0.25) is 4.79 Å². The number of rotatable bonds is 6. The Balaban J connectivity index is 1.63. The van der Waals surface area contributed by atoms with Crippen molar-refractivity contribution in [1.29, 1.82) is 0 Å². The molecule has 0 spiro atoms. The highest BCUT2D eigenvalue weighted by molar-refractivity contribution is 7.10. The largest absolute Gasteiger partial charge is 0.350 e. The van der Waals surface area contributed by atoms with Crippen LogP contribution in [0.25, 0.3) is 10.9 Å². The summed E-state index contributed by atoms with van der Waals surface area (Å²) < 4.78 is 2.03. The van der Waals surface area contributed by atoms with Gasteiger partial charge >= 0.3 is 0 Å². The molecule has 0 saturated heterocycles. The summed E-state index contributed by atoms with van der Waals surface area (Å²) in [6.07, 6.45) is 2.85. The molecule has 0 bridgehead atoms. The van der Waals surface area contributed by atoms with Gasteiger partial charge < -0.3 is 9.47 Å². The van der Waals surface area contributed by atoms with Crippen LogP contribution in [0.5, 0.6) is 0 Å². The van der Waals surface area contributed by atoms with Gasteiger partial charge in [-0.1, -0.05) is 30.3 Å². The predicted molar refractivity (Wildman–Crippen MR) is 110 cm³/mol. The zero-order valence-corrected chi connectivity index (χ0v) is 16.2. The van der Waals surface area contributed by atoms with Crippen molar-refractivity contribution in [3.8, 4) is 0 Å². The molecule has 1 aromatic carbocycles. The van der Waals surface area contributed by atoms with Crippen molar-refractivity contribution in [2.24, 2.45) is 7.05 Å². The van der Waals surface area contributed by atoms with Gasteiger partial charge in [0, 0.05) is 40.4 Å². The number of nitrogens with zero attached hydrogens (tertiary/aromatic N) is 2. The van der Waals surface area contributed by atoms with E-state index in [9.17, 15) is 4.79 Å². The van der Waals surface area contributed by atoms with Gasteiger partial charge in [0.2, 0.25) is 0 Å². The molecule has 0 N–H and O–H groups in total. The molecular weight excluding hydrogens is 360 g/mol. The Labute approximate surface area is 161 Å². The number of aromatic nitrogens is 1. The highest BCUT2D eigenvalue weighted by atomic mass is 32.1. The zero-order valence-electron chi connectivity index (χ0n) is 14.6. The Morgan fingerprint density at radius 1 is 1.00 bits per heavy atom. The van der Waals surface area contributed by atoms with Crippen molar-refractivity contribution >= 4 is 39.5 Å². The van der Waals surface area contributed by atoms with Crippen LogP contribution in [0, 0.1) is 0 Å². The summed E-state index contributed by atoms with van der Waals surface area (Å²) in [6.45, 7) is 1.38. The number of para-hydroxylation sites is 1. The molecule has 5 heteroatoms. The van der Waals surface area contributed by atoms with Gasteiger partial charge in [0.1, 0.15) is 0 Å². The van der Waals surface area contributed by atoms with Crippen LogP contribution in [0.4, 0.5) is 0 Å². The van der Waals surface area contributed by atoms with E-state index in [1.54, 1.807) is 22.7 Å². The average Bonchev–Trinajstić information content (AvgIpc) is 3.40. The molecule has 1 amide bonds. The van der Waals surface area contributed by atoms with Gasteiger partial charge in [0.15, 0.2) is 0 Å². The van der Waals surface area contributed by atoms with Crippen LogP contribution in [-0.2, 0) is 20.0 Å². The fourth-order valence-corrected chi connectivity index (χ4v) is 4.64. The molecule has 0 atom stereocenters. The molecule has 3 heterocycles. The summed E-state index contributed by atoms with van der Waals surface area (Å²) in [7, 11) is 1.99. The monoisotopic (exact) mass is 380 g/mol. The number of carbonyl (C=O) groups is 1. The lowest BCUT2D eigenvalue weighted by Gasteiger charge is -2.22. The molecule has 0 fully saturated rings. The van der Waals surface area contributed by atoms with Gasteiger partial charge in [0.25, 0.3) is 5.91 Å². The van der Waals surface area contributed by atoms with E-state index in [1.165, 1.54) is 9.75 Å². The molecule has 26 heavy (non-hydrogen) atoms. The Kier molecular flexibility index (Phi) is 4.91. The van der Waals surface area contributed by atoms with Gasteiger partial charge in [-0.2, -0.15) is 0 Å². The number of amides is 1. The van der Waals surface area contributed by atoms with E-state index in [1.807, 2.05) is 47.0 Å². The van der Waals surface area contributed by atoms with Crippen LogP contribution in [0.3, 0.4) is 0 Å². The molecule has 0 radical (unpaired) electrons. The van der Waals surface area contributed by atoms with E-state index in [0.29, 0.717) is 6.54 Å². The first-order valence-electron chi connectivity index (χ1n) is 8.60. The number of thiophene rings is 2. The van der Waals surface area contributed by atoms with Crippen LogP contribution >= 0.6 is 22.7 Å². The second-order valence-electron chi connectivity index (χ2n) is 6.31. The lowest BCUT2D eigenvalue weighted by molar-refractivity contribution is 0.0749. The normalized spacial score (nSPS) is 11.1. The molecule has 3 nitrogen and oxygen atoms in total. The molecule has 3 aromatic heterocycles. The number of carbonyl (C=O) groups excluding carboxylic acids is 1. The second kappa shape index (κ2) is 7.48. The van der Waals surface area contributed by atoms with Crippen molar-refractivity contribution in [2.45, 2.75) is 13.0 Å². The van der Waals surface area contributed by atoms with E-state index in [-0.39, 0.29) is 5.91 Å². The summed E-state index contributed by atoms with van der Waals surface area (Å²) in [5.74, 6) is 0.103. The summed E-state index contributed by atoms with van der Waals surface area (Å²) in [4.78, 5) is 17.9. The number of aryl methyl sites for hydroxylation is 1. The first kappa shape index (κ1) is 17.1. The molecular formula is C21H20N2OS2. The SMILES string of the molecule is Cn1cc(C(=O)N(CCc2cccs2)Cc2cccs2)c2ccccc21. The van der Waals surface area contributed by atoms with Crippen LogP contribution in [-0.4, -0.2) is 21.9 Å². The average molecular weight is 381 g/mol. The van der Waals surface area contributed by atoms with Gasteiger partial charge in [-0.25, -0.2) is 0 Å². The maximum Gasteiger partial charge on any atom is 0.256 e. The smallest absolute Gasteiger partial charge is 0.256 e. The van der Waals surface area contributed by atoms with E-state index >= 15 is 0 Å². The van der Waals surface area contributed by atoms with Gasteiger partial charge in [-0.15, -0.1) is 22.7 Å². The highest BCUT2D eigenvalue weighted by Crippen LogP contribution is 2.23. The number of hydrogen-bond acceptors (Lipinski definition) is 3. The predicted octanol–water partition coefficient (Wildman–Crippen LogP) is 5.19. The lowest BCUT2D eigenvalue weighted by atomic mass is 10.1. The summed E-state index contributed by atoms with van der Waals surface area (Å²) in [5, 5.41) is 5.17. The van der Waals surface area contributed by atoms with Crippen LogP contribution in [0.15, 0.2) is 65.5 Å². The molecule has 132 valence electrons. The molecule has 0 saturated carbocycles. The molecule has 4 aromatic rings. The summed E-state index contributed by atoms with van der Waals surface area (Å²) in [6, 6.07) is 16.4. The first-order valence-corrected chi connectivity index (χ1v) is 10.4. The van der Waals surface area contributed by atoms with Crippen molar-refractivity contribution in [1.82, 2.24) is 9.47 Å². The number of benzene rings is 1. The first-order chi connectivity index (χ1) is 12.7. The third-order valence-electron chi connectivity index (χ3n) is 4.55. The Bertz CT molecular complexity index is 1000. The van der Waals surface area contributed by atoms with E-state index in [4.69, 9.17) is 0 Å². The molecule has 0 unspecified atom stereocenters. The van der Waals surface area contributed by atoms with Crippen LogP contribution in [0.1, 0.15) is 20.1 Å². The van der Waals surface area contributed by atoms with E-state index in [2.05, 4.69) is 35.0 Å². The van der Waals surface area contributed by atoms with Gasteiger partial charge in [0.05, 0.1) is 12.1 Å². The Morgan fingerprint density at radius 3 is 2.46 bits per heavy atom. The summed E-state index contributed by atoms with van der Waals surface area (Å²) >= 11 is 3.45. The standard InChI is InChI=1S/C21H20N2OS2/c1-22-15-19(18-8-2-3-9-20(18)22)21(24)23(14-17-7-5-13-26-17)11-10-16-6-4-12-25-16/h2-9,12-13,15H,10-11,14H2,1H3. The topological polar surface area (TPSA) is 25.2 Å². The van der Waals surface area contributed by atoms with E-state index < -0.39 is 0 Å². The van der Waals surface area contributed by atoms with Crippen molar-refractivity contribution in [3.05, 3.63) is 80.8 Å². The molecule has 0 aliphatic carbocycles. The minimum absolute atomic E-state index is 0.103. The van der Waals surface area contributed by atoms with Crippen molar-refractivity contribution in [2.75, 3.05) is 6.54 Å². The maximum absolute atomic E-state index is 13.4. The molecule has 0 aliphatic rings. The second-order valence-corrected chi connectivity index (χ2v) is 8.37. The minimum Gasteiger partial charge on any atom is -0.350 e. The quantitative estimate of drug-likeness (QED) is 0.452.